The summed E-state index contributed by atoms with van der Waals surface area (Å²) in [7, 11) is 0. The largest absolute Gasteiger partial charge is 0.411 e. The van der Waals surface area contributed by atoms with Gasteiger partial charge in [0.25, 0.3) is 0 Å². The lowest BCUT2D eigenvalue weighted by Gasteiger charge is -2.02. The Hall–Kier alpha value is -0.680. The minimum absolute atomic E-state index is 0.249. The number of hydrogen-bond donors (Lipinski definition) is 0. The summed E-state index contributed by atoms with van der Waals surface area (Å²) in [4.78, 5) is 10.2. The van der Waals surface area contributed by atoms with Gasteiger partial charge < -0.3 is 4.74 Å². The molecule has 1 aromatic carbocycles. The highest BCUT2D eigenvalue weighted by Gasteiger charge is 2.13. The average molecular weight is 271 g/mol. The molecular weight excluding hydrogens is 269 g/mol. The van der Waals surface area contributed by atoms with Crippen LogP contribution in [0, 0.1) is 11.6 Å². The van der Waals surface area contributed by atoms with E-state index in [9.17, 15) is 13.6 Å². The predicted molar refractivity (Wildman–Crippen MR) is 45.9 cm³/mol. The summed E-state index contributed by atoms with van der Waals surface area (Å²) >= 11 is 7.72. The van der Waals surface area contributed by atoms with Crippen molar-refractivity contribution >= 4 is 33.0 Å². The quantitative estimate of drug-likeness (QED) is 0.577. The molecule has 0 unspecified atom stereocenters. The standard InChI is InChI=1S/C7H2BrClF2O2/c8-3-1-4(10)6(11)5(2-3)13-7(9)12/h1-2H. The highest BCUT2D eigenvalue weighted by molar-refractivity contribution is 9.10. The Morgan fingerprint density at radius 3 is 2.62 bits per heavy atom. The third kappa shape index (κ3) is 2.63. The van der Waals surface area contributed by atoms with Gasteiger partial charge in [0.15, 0.2) is 11.6 Å². The molecule has 0 aliphatic carbocycles. The first-order valence-electron chi connectivity index (χ1n) is 3.02. The van der Waals surface area contributed by atoms with Crippen molar-refractivity contribution in [3.05, 3.63) is 28.2 Å². The second-order valence-electron chi connectivity index (χ2n) is 2.04. The number of carbonyl (C=O) groups is 1. The molecule has 6 heteroatoms. The lowest BCUT2D eigenvalue weighted by molar-refractivity contribution is 0.223. The Kier molecular flexibility index (Phi) is 3.22. The van der Waals surface area contributed by atoms with Gasteiger partial charge in [-0.1, -0.05) is 15.9 Å². The van der Waals surface area contributed by atoms with Gasteiger partial charge in [-0.05, 0) is 12.1 Å². The number of ether oxygens (including phenoxy) is 1. The van der Waals surface area contributed by atoms with Crippen LogP contribution in [0.5, 0.6) is 5.75 Å². The molecule has 0 aliphatic heterocycles. The maximum absolute atomic E-state index is 12.8. The first kappa shape index (κ1) is 10.4. The van der Waals surface area contributed by atoms with Gasteiger partial charge in [-0.25, -0.2) is 9.18 Å². The summed E-state index contributed by atoms with van der Waals surface area (Å²) in [5.74, 6) is -2.92. The van der Waals surface area contributed by atoms with Crippen molar-refractivity contribution in [1.82, 2.24) is 0 Å². The van der Waals surface area contributed by atoms with Crippen molar-refractivity contribution in [3.63, 3.8) is 0 Å². The van der Waals surface area contributed by atoms with Gasteiger partial charge in [0.05, 0.1) is 0 Å². The lowest BCUT2D eigenvalue weighted by Crippen LogP contribution is -2.00. The lowest BCUT2D eigenvalue weighted by atomic mass is 10.3. The number of benzene rings is 1. The van der Waals surface area contributed by atoms with Crippen LogP contribution in [-0.2, 0) is 0 Å². The maximum Gasteiger partial charge on any atom is 0.409 e. The Balaban J connectivity index is 3.12. The fraction of sp³-hybridized carbons (Fsp3) is 0. The van der Waals surface area contributed by atoms with E-state index in [-0.39, 0.29) is 4.47 Å². The molecule has 0 N–H and O–H groups in total. The van der Waals surface area contributed by atoms with Crippen LogP contribution in [0.15, 0.2) is 16.6 Å². The van der Waals surface area contributed by atoms with Crippen LogP contribution in [0.25, 0.3) is 0 Å². The number of rotatable bonds is 1. The number of carbonyl (C=O) groups excluding carboxylic acids is 1. The second kappa shape index (κ2) is 4.02. The van der Waals surface area contributed by atoms with Crippen LogP contribution in [-0.4, -0.2) is 5.43 Å². The van der Waals surface area contributed by atoms with Gasteiger partial charge in [-0.3, -0.25) is 0 Å². The van der Waals surface area contributed by atoms with Crippen LogP contribution < -0.4 is 4.74 Å². The fourth-order valence-electron chi connectivity index (χ4n) is 0.693. The molecule has 0 aliphatic rings. The molecular formula is C7H2BrClF2O2. The van der Waals surface area contributed by atoms with E-state index in [1.54, 1.807) is 0 Å². The molecule has 0 saturated carbocycles. The molecule has 0 radical (unpaired) electrons. The number of hydrogen-bond acceptors (Lipinski definition) is 2. The molecule has 0 bridgehead atoms. The Bertz CT molecular complexity index is 357. The SMILES string of the molecule is O=C(Cl)Oc1cc(Br)cc(F)c1F. The van der Waals surface area contributed by atoms with E-state index in [1.807, 2.05) is 0 Å². The van der Waals surface area contributed by atoms with Gasteiger partial charge in [0, 0.05) is 16.1 Å². The third-order valence-electron chi connectivity index (χ3n) is 1.15. The van der Waals surface area contributed by atoms with Gasteiger partial charge in [-0.15, -0.1) is 0 Å². The highest BCUT2D eigenvalue weighted by atomic mass is 79.9. The van der Waals surface area contributed by atoms with E-state index in [1.165, 1.54) is 0 Å². The van der Waals surface area contributed by atoms with Crippen molar-refractivity contribution < 1.29 is 18.3 Å². The molecule has 1 rings (SSSR count). The molecule has 0 amide bonds. The Labute approximate surface area is 85.6 Å². The normalized spacial score (nSPS) is 9.85. The van der Waals surface area contributed by atoms with Crippen molar-refractivity contribution in [2.24, 2.45) is 0 Å². The highest BCUT2D eigenvalue weighted by Crippen LogP contribution is 2.25. The van der Waals surface area contributed by atoms with Crippen LogP contribution in [0.3, 0.4) is 0 Å². The van der Waals surface area contributed by atoms with Gasteiger partial charge in [0.1, 0.15) is 0 Å². The van der Waals surface area contributed by atoms with E-state index in [0.717, 1.165) is 12.1 Å². The molecule has 1 aromatic rings. The van der Waals surface area contributed by atoms with E-state index >= 15 is 0 Å². The van der Waals surface area contributed by atoms with Crippen LogP contribution >= 0.6 is 27.5 Å². The Morgan fingerprint density at radius 1 is 1.46 bits per heavy atom. The van der Waals surface area contributed by atoms with Crippen LogP contribution in [0.1, 0.15) is 0 Å². The molecule has 2 nitrogen and oxygen atoms in total. The summed E-state index contributed by atoms with van der Waals surface area (Å²) in [6.45, 7) is 0. The molecule has 70 valence electrons. The molecule has 0 atom stereocenters. The molecule has 0 spiro atoms. The van der Waals surface area contributed by atoms with E-state index in [4.69, 9.17) is 11.6 Å². The van der Waals surface area contributed by atoms with Crippen molar-refractivity contribution in [2.45, 2.75) is 0 Å². The molecule has 0 heterocycles. The third-order valence-corrected chi connectivity index (χ3v) is 1.68. The van der Waals surface area contributed by atoms with Crippen molar-refractivity contribution in [1.29, 1.82) is 0 Å². The average Bonchev–Trinajstić information content (AvgIpc) is 1.98. The summed E-state index contributed by atoms with van der Waals surface area (Å²) in [6.07, 6.45) is 0. The smallest absolute Gasteiger partial charge is 0.409 e. The van der Waals surface area contributed by atoms with Crippen LogP contribution in [0.2, 0.25) is 0 Å². The van der Waals surface area contributed by atoms with E-state index < -0.39 is 22.8 Å². The Morgan fingerprint density at radius 2 is 2.08 bits per heavy atom. The first-order chi connectivity index (χ1) is 6.00. The van der Waals surface area contributed by atoms with Crippen LogP contribution in [0.4, 0.5) is 13.6 Å². The molecule has 13 heavy (non-hydrogen) atoms. The molecule has 0 aromatic heterocycles. The van der Waals surface area contributed by atoms with Gasteiger partial charge >= 0.3 is 5.43 Å². The minimum atomic E-state index is -1.25. The van der Waals surface area contributed by atoms with Crippen molar-refractivity contribution in [3.8, 4) is 5.75 Å². The summed E-state index contributed by atoms with van der Waals surface area (Å²) in [5.41, 5.74) is -1.23. The summed E-state index contributed by atoms with van der Waals surface area (Å²) in [6, 6.07) is 2.00. The van der Waals surface area contributed by atoms with Crippen molar-refractivity contribution in [2.75, 3.05) is 0 Å². The monoisotopic (exact) mass is 270 g/mol. The maximum atomic E-state index is 12.8. The summed E-state index contributed by atoms with van der Waals surface area (Å²) < 4.78 is 29.9. The first-order valence-corrected chi connectivity index (χ1v) is 4.19. The molecule has 0 saturated heterocycles. The topological polar surface area (TPSA) is 26.3 Å². The van der Waals surface area contributed by atoms with E-state index in [0.29, 0.717) is 0 Å². The zero-order chi connectivity index (χ0) is 10.0. The number of halogens is 4. The van der Waals surface area contributed by atoms with Gasteiger partial charge in [0.2, 0.25) is 5.82 Å². The summed E-state index contributed by atoms with van der Waals surface area (Å²) in [5, 5.41) is 0. The predicted octanol–water partition coefficient (Wildman–Crippen LogP) is 3.46. The fourth-order valence-corrected chi connectivity index (χ4v) is 1.19. The molecule has 0 fully saturated rings. The van der Waals surface area contributed by atoms with E-state index in [2.05, 4.69) is 20.7 Å². The minimum Gasteiger partial charge on any atom is -0.411 e. The zero-order valence-corrected chi connectivity index (χ0v) is 8.32. The zero-order valence-electron chi connectivity index (χ0n) is 5.98. The second-order valence-corrected chi connectivity index (χ2v) is 3.26. The van der Waals surface area contributed by atoms with Gasteiger partial charge in [-0.2, -0.15) is 4.39 Å².